The number of phenolic OH excluding ortho intramolecular Hbond substituents is 3. The SMILES string of the molecule is CO[C@H]1C=CO[C@@]2(C)Oc3c(C)c(O)c4c(O)c(c(SCCNC(=O)C5=C[C@H]6OC(C)(C)O[C@H]6[C@H](O)C5)c(O)c4c3C2=O)NC(=O)/C(C)=C\C=C/[C@H](C)[C@H](O)[C@@H](C)[C@@H](O)[C@@H](C)[C@H](OC(C)=O)[C@@H]1C. The summed E-state index contributed by atoms with van der Waals surface area (Å²) in [7, 11) is 1.42. The molecule has 5 bridgehead atoms. The summed E-state index contributed by atoms with van der Waals surface area (Å²) in [6.07, 6.45) is 2.66. The number of Topliss-reactive ketones (excluding diaryl/α,β-unsaturated/α-hetero) is 1. The molecule has 1 fully saturated rings. The predicted molar refractivity (Wildman–Crippen MR) is 250 cm³/mol. The van der Waals surface area contributed by atoms with Gasteiger partial charge in [0.2, 0.25) is 5.91 Å². The van der Waals surface area contributed by atoms with Crippen LogP contribution in [-0.2, 0) is 38.1 Å². The number of amides is 2. The number of aliphatic hydroxyl groups is 3. The lowest BCUT2D eigenvalue weighted by molar-refractivity contribution is -0.160. The molecule has 8 N–H and O–H groups in total. The summed E-state index contributed by atoms with van der Waals surface area (Å²) in [5.74, 6) is -10.2. The number of anilines is 1. The molecule has 68 heavy (non-hydrogen) atoms. The lowest BCUT2D eigenvalue weighted by Crippen LogP contribution is -2.46. The Hall–Kier alpha value is -5.15. The molecular weight excluding hydrogens is 905 g/mol. The summed E-state index contributed by atoms with van der Waals surface area (Å²) < 4.78 is 35.3. The van der Waals surface area contributed by atoms with E-state index in [1.54, 1.807) is 59.8 Å². The minimum absolute atomic E-state index is 0.0104. The first-order valence-electron chi connectivity index (χ1n) is 22.6. The standard InChI is InChI=1S/C49H64N2O16S/c1-21-13-12-14-22(2)46(60)51-35-39(57)33-32(40(58)44(35)68-18-16-50-47(61)28-19-29(53)43-31(20-28)65-48(8,9)66-43)34-42(26(6)38(33)56)67-49(10,45(34)59)63-17-15-30(62-11)23(3)41(64-27(7)52)25(5)37(55)24(4)36(21)54/h12-15,17,20-21,23-25,29-31,36-37,41,43,53-58H,16,18-19H2,1-11H3,(H,50,61)(H,51,60)/b13-12-,17-15?,22-14-/t21-,23+,24+,25+,29+,30-,31+,36-,37+,41+,43-,49-/m0/s1. The van der Waals surface area contributed by atoms with Crippen molar-refractivity contribution in [1.29, 1.82) is 0 Å². The summed E-state index contributed by atoms with van der Waals surface area (Å²) in [6, 6.07) is 0. The minimum Gasteiger partial charge on any atom is -0.507 e. The Balaban J connectivity index is 1.41. The van der Waals surface area contributed by atoms with Crippen molar-refractivity contribution in [3.63, 3.8) is 0 Å². The number of nitrogens with one attached hydrogen (secondary N) is 2. The molecule has 7 rings (SSSR count). The van der Waals surface area contributed by atoms with Gasteiger partial charge in [-0.25, -0.2) is 0 Å². The van der Waals surface area contributed by atoms with Gasteiger partial charge in [0.15, 0.2) is 11.5 Å². The number of carbonyl (C=O) groups excluding carboxylic acids is 4. The second kappa shape index (κ2) is 20.4. The van der Waals surface area contributed by atoms with Crippen molar-refractivity contribution in [2.45, 2.75) is 135 Å². The van der Waals surface area contributed by atoms with E-state index in [2.05, 4.69) is 10.6 Å². The lowest BCUT2D eigenvalue weighted by atomic mass is 9.78. The second-order valence-corrected chi connectivity index (χ2v) is 19.8. The molecule has 0 unspecified atom stereocenters. The Morgan fingerprint density at radius 1 is 0.926 bits per heavy atom. The molecule has 18 nitrogen and oxygen atoms in total. The van der Waals surface area contributed by atoms with Crippen LogP contribution in [0, 0.1) is 30.6 Å². The molecule has 2 amide bonds. The Morgan fingerprint density at radius 2 is 1.62 bits per heavy atom. The van der Waals surface area contributed by atoms with Crippen molar-refractivity contribution < 1.29 is 78.2 Å². The number of carbonyl (C=O) groups is 4. The van der Waals surface area contributed by atoms with Crippen molar-refractivity contribution in [2.24, 2.45) is 23.7 Å². The highest BCUT2D eigenvalue weighted by Crippen LogP contribution is 2.57. The van der Waals surface area contributed by atoms with Crippen LogP contribution in [0.3, 0.4) is 0 Å². The van der Waals surface area contributed by atoms with Crippen molar-refractivity contribution in [2.75, 3.05) is 24.7 Å². The van der Waals surface area contributed by atoms with Crippen LogP contribution >= 0.6 is 11.8 Å². The number of phenols is 3. The maximum atomic E-state index is 14.6. The van der Waals surface area contributed by atoms with E-state index in [1.165, 1.54) is 53.2 Å². The molecule has 12 atom stereocenters. The number of hydrogen-bond acceptors (Lipinski definition) is 17. The number of fused-ring (bicyclic) bond motifs is 15. The van der Waals surface area contributed by atoms with Gasteiger partial charge in [0.25, 0.3) is 11.7 Å². The van der Waals surface area contributed by atoms with Crippen LogP contribution in [0.15, 0.2) is 52.7 Å². The van der Waals surface area contributed by atoms with Crippen LogP contribution in [0.25, 0.3) is 10.8 Å². The average molecular weight is 969 g/mol. The zero-order chi connectivity index (χ0) is 50.3. The van der Waals surface area contributed by atoms with Crippen LogP contribution in [0.4, 0.5) is 5.69 Å². The summed E-state index contributed by atoms with van der Waals surface area (Å²) in [5.41, 5.74) is -0.117. The summed E-state index contributed by atoms with van der Waals surface area (Å²) in [5, 5.41) is 74.4. The fraction of sp³-hybridized carbons (Fsp3) is 0.551. The smallest absolute Gasteiger partial charge is 0.312 e. The second-order valence-electron chi connectivity index (χ2n) is 18.7. The van der Waals surface area contributed by atoms with Gasteiger partial charge in [-0.05, 0) is 39.8 Å². The molecular formula is C49H64N2O16S. The highest BCUT2D eigenvalue weighted by atomic mass is 32.2. The topological polar surface area (TPSA) is 269 Å². The summed E-state index contributed by atoms with van der Waals surface area (Å²) in [4.78, 5) is 54.1. The maximum Gasteiger partial charge on any atom is 0.312 e. The average Bonchev–Trinajstić information content (AvgIpc) is 3.75. The zero-order valence-electron chi connectivity index (χ0n) is 40.1. The van der Waals surface area contributed by atoms with Crippen molar-refractivity contribution in [3.05, 3.63) is 58.9 Å². The number of methoxy groups -OCH3 is 1. The van der Waals surface area contributed by atoms with Gasteiger partial charge >= 0.3 is 11.8 Å². The molecule has 1 saturated heterocycles. The van der Waals surface area contributed by atoms with Gasteiger partial charge in [-0.3, -0.25) is 19.2 Å². The van der Waals surface area contributed by atoms with E-state index in [1.807, 2.05) is 0 Å². The largest absolute Gasteiger partial charge is 0.507 e. The van der Waals surface area contributed by atoms with Gasteiger partial charge in [0.1, 0.15) is 41.2 Å². The molecule has 5 aliphatic rings. The molecule has 0 spiro atoms. The number of ketones is 1. The van der Waals surface area contributed by atoms with Crippen molar-refractivity contribution in [1.82, 2.24) is 5.32 Å². The highest BCUT2D eigenvalue weighted by molar-refractivity contribution is 7.99. The Labute approximate surface area is 399 Å². The van der Waals surface area contributed by atoms with E-state index in [0.29, 0.717) is 0 Å². The minimum atomic E-state index is -2.10. The Bertz CT molecular complexity index is 2450. The fourth-order valence-corrected chi connectivity index (χ4v) is 10.2. The number of thioether (sulfide) groups is 1. The number of hydrogen-bond donors (Lipinski definition) is 8. The zero-order valence-corrected chi connectivity index (χ0v) is 40.9. The number of aliphatic hydroxyl groups excluding tert-OH is 3. The van der Waals surface area contributed by atoms with Crippen LogP contribution in [-0.4, -0.2) is 128 Å². The van der Waals surface area contributed by atoms with E-state index in [9.17, 15) is 49.8 Å². The molecule has 2 aromatic carbocycles. The van der Waals surface area contributed by atoms with E-state index >= 15 is 0 Å². The fourth-order valence-electron chi connectivity index (χ4n) is 9.29. The first-order valence-corrected chi connectivity index (χ1v) is 23.6. The maximum absolute atomic E-state index is 14.6. The van der Waals surface area contributed by atoms with Crippen LogP contribution in [0.2, 0.25) is 0 Å². The lowest BCUT2D eigenvalue weighted by Gasteiger charge is -2.38. The van der Waals surface area contributed by atoms with E-state index in [0.717, 1.165) is 11.8 Å². The predicted octanol–water partition coefficient (Wildman–Crippen LogP) is 5.17. The third-order valence-corrected chi connectivity index (χ3v) is 14.3. The number of esters is 1. The molecule has 1 aliphatic carbocycles. The molecule has 0 aromatic heterocycles. The highest BCUT2D eigenvalue weighted by Gasteiger charge is 2.50. The Morgan fingerprint density at radius 3 is 2.28 bits per heavy atom. The molecule has 2 aromatic rings. The van der Waals surface area contributed by atoms with Crippen molar-refractivity contribution >= 4 is 51.8 Å². The van der Waals surface area contributed by atoms with Crippen LogP contribution < -0.4 is 15.4 Å². The molecule has 372 valence electrons. The third-order valence-electron chi connectivity index (χ3n) is 13.2. The Kier molecular flexibility index (Phi) is 15.7. The number of benzene rings is 2. The molecule has 19 heteroatoms. The number of allylic oxidation sites excluding steroid dienone is 2. The van der Waals surface area contributed by atoms with E-state index in [4.69, 9.17) is 28.4 Å². The quantitative estimate of drug-likeness (QED) is 0.0584. The van der Waals surface area contributed by atoms with Gasteiger partial charge < -0.3 is 69.7 Å². The number of ether oxygens (including phenoxy) is 6. The van der Waals surface area contributed by atoms with Gasteiger partial charge in [-0.1, -0.05) is 45.9 Å². The molecule has 4 aliphatic heterocycles. The van der Waals surface area contributed by atoms with E-state index in [-0.39, 0.29) is 68.1 Å². The first-order chi connectivity index (χ1) is 31.8. The number of aromatic hydroxyl groups is 3. The molecule has 0 radical (unpaired) electrons. The molecule has 4 heterocycles. The summed E-state index contributed by atoms with van der Waals surface area (Å²) in [6.45, 7) is 15.8. The van der Waals surface area contributed by atoms with Gasteiger partial charge in [0.05, 0.1) is 46.5 Å². The van der Waals surface area contributed by atoms with Gasteiger partial charge in [-0.2, -0.15) is 0 Å². The molecule has 0 saturated carbocycles. The van der Waals surface area contributed by atoms with Crippen molar-refractivity contribution in [3.8, 4) is 23.0 Å². The van der Waals surface area contributed by atoms with Gasteiger partial charge in [-0.15, -0.1) is 11.8 Å². The number of rotatable bonds is 7. The third kappa shape index (κ3) is 10.2. The van der Waals surface area contributed by atoms with Crippen LogP contribution in [0.5, 0.6) is 23.0 Å². The van der Waals surface area contributed by atoms with Gasteiger partial charge in [0, 0.05) is 85.4 Å². The first kappa shape index (κ1) is 52.2. The normalized spacial score (nSPS) is 33.2. The van der Waals surface area contributed by atoms with Crippen LogP contribution in [0.1, 0.15) is 84.7 Å². The van der Waals surface area contributed by atoms with E-state index < -0.39 is 119 Å². The monoisotopic (exact) mass is 968 g/mol. The summed E-state index contributed by atoms with van der Waals surface area (Å²) >= 11 is 0.923.